The molecule has 9 heteroatoms. The fraction of sp³-hybridized carbons (Fsp3) is 0.346. The average molecular weight is 484 g/mol. The number of benzene rings is 2. The number of alkyl carbamates (subject to hydrolysis) is 1. The molecular formula is C26H26F2N2O5. The number of aliphatic carboxylic acids is 1. The van der Waals surface area contributed by atoms with Crippen LogP contribution in [0.5, 0.6) is 0 Å². The van der Waals surface area contributed by atoms with Gasteiger partial charge in [-0.2, -0.15) is 8.78 Å². The maximum absolute atomic E-state index is 14.0. The van der Waals surface area contributed by atoms with Crippen LogP contribution in [0.15, 0.2) is 60.2 Å². The van der Waals surface area contributed by atoms with E-state index >= 15 is 0 Å². The molecule has 0 bridgehead atoms. The Hall–Kier alpha value is -3.75. The third-order valence-electron chi connectivity index (χ3n) is 6.41. The Labute approximate surface area is 201 Å². The molecule has 1 atom stereocenters. The summed E-state index contributed by atoms with van der Waals surface area (Å²) in [6.45, 7) is 1.48. The molecule has 0 radical (unpaired) electrons. The van der Waals surface area contributed by atoms with Crippen molar-refractivity contribution in [2.24, 2.45) is 5.92 Å². The normalized spacial score (nSPS) is 16.1. The number of hydrogen-bond acceptors (Lipinski definition) is 4. The predicted molar refractivity (Wildman–Crippen MR) is 124 cm³/mol. The van der Waals surface area contributed by atoms with Crippen molar-refractivity contribution in [1.82, 2.24) is 10.6 Å². The summed E-state index contributed by atoms with van der Waals surface area (Å²) in [5.41, 5.74) is 4.46. The van der Waals surface area contributed by atoms with Crippen LogP contribution in [0.2, 0.25) is 0 Å². The van der Waals surface area contributed by atoms with Crippen LogP contribution in [0.3, 0.4) is 0 Å². The summed E-state index contributed by atoms with van der Waals surface area (Å²) >= 11 is 0. The molecule has 0 aromatic heterocycles. The number of carbonyl (C=O) groups is 3. The van der Waals surface area contributed by atoms with Crippen LogP contribution in [0.1, 0.15) is 36.8 Å². The van der Waals surface area contributed by atoms with Gasteiger partial charge in [-0.15, -0.1) is 0 Å². The first kappa shape index (κ1) is 24.4. The summed E-state index contributed by atoms with van der Waals surface area (Å²) in [6.07, 6.45) is 1.55. The Balaban J connectivity index is 1.29. The Morgan fingerprint density at radius 3 is 2.20 bits per heavy atom. The highest BCUT2D eigenvalue weighted by molar-refractivity contribution is 5.93. The average Bonchev–Trinajstić information content (AvgIpc) is 3.63. The largest absolute Gasteiger partial charge is 0.477 e. The second-order valence-electron chi connectivity index (χ2n) is 8.81. The third-order valence-corrected chi connectivity index (χ3v) is 6.41. The van der Waals surface area contributed by atoms with Crippen molar-refractivity contribution in [2.45, 2.75) is 37.6 Å². The first-order valence-electron chi connectivity index (χ1n) is 11.4. The molecule has 0 saturated heterocycles. The lowest BCUT2D eigenvalue weighted by Gasteiger charge is -2.24. The number of amides is 2. The van der Waals surface area contributed by atoms with Crippen molar-refractivity contribution in [3.8, 4) is 11.1 Å². The molecule has 4 rings (SSSR count). The molecule has 1 fully saturated rings. The molecule has 2 aliphatic rings. The third kappa shape index (κ3) is 5.18. The van der Waals surface area contributed by atoms with Gasteiger partial charge in [-0.05, 0) is 47.9 Å². The Morgan fingerprint density at radius 1 is 1.09 bits per heavy atom. The number of halogens is 2. The Kier molecular flexibility index (Phi) is 6.86. The van der Waals surface area contributed by atoms with E-state index in [1.807, 2.05) is 48.5 Å². The number of carboxylic acid groups (broad SMARTS) is 1. The van der Waals surface area contributed by atoms with E-state index in [1.165, 1.54) is 13.0 Å². The van der Waals surface area contributed by atoms with Gasteiger partial charge in [0.25, 0.3) is 0 Å². The minimum atomic E-state index is -4.06. The minimum absolute atomic E-state index is 0.0562. The van der Waals surface area contributed by atoms with Gasteiger partial charge >= 0.3 is 18.0 Å². The molecule has 2 aromatic rings. The number of carboxylic acids is 1. The molecule has 3 N–H and O–H groups in total. The summed E-state index contributed by atoms with van der Waals surface area (Å²) in [4.78, 5) is 35.5. The van der Waals surface area contributed by atoms with Gasteiger partial charge in [0.15, 0.2) is 0 Å². The number of carbonyl (C=O) groups excluding carboxylic acids is 2. The van der Waals surface area contributed by atoms with E-state index in [4.69, 9.17) is 9.84 Å². The van der Waals surface area contributed by atoms with E-state index in [0.717, 1.165) is 22.3 Å². The van der Waals surface area contributed by atoms with Crippen LogP contribution in [0, 0.1) is 5.92 Å². The highest BCUT2D eigenvalue weighted by atomic mass is 19.3. The summed E-state index contributed by atoms with van der Waals surface area (Å²) in [7, 11) is 0. The Bertz CT molecular complexity index is 1130. The second-order valence-corrected chi connectivity index (χ2v) is 8.81. The number of fused-ring (bicyclic) bond motifs is 3. The molecule has 1 saturated carbocycles. The van der Waals surface area contributed by atoms with Gasteiger partial charge in [0.05, 0.1) is 0 Å². The van der Waals surface area contributed by atoms with Gasteiger partial charge in [0.2, 0.25) is 5.91 Å². The number of ether oxygens (including phenoxy) is 1. The summed E-state index contributed by atoms with van der Waals surface area (Å²) in [6, 6.07) is 14.1. The molecule has 2 amide bonds. The maximum atomic E-state index is 14.0. The molecule has 2 aromatic carbocycles. The molecule has 2 aliphatic carbocycles. The first-order chi connectivity index (χ1) is 16.7. The maximum Gasteiger partial charge on any atom is 0.407 e. The van der Waals surface area contributed by atoms with E-state index in [0.29, 0.717) is 12.8 Å². The van der Waals surface area contributed by atoms with Crippen LogP contribution in [0.25, 0.3) is 11.1 Å². The minimum Gasteiger partial charge on any atom is -0.477 e. The molecule has 0 spiro atoms. The molecule has 1 unspecified atom stereocenters. The van der Waals surface area contributed by atoms with E-state index in [1.54, 1.807) is 0 Å². The van der Waals surface area contributed by atoms with Crippen molar-refractivity contribution in [1.29, 1.82) is 0 Å². The number of hydrogen-bond donors (Lipinski definition) is 3. The van der Waals surface area contributed by atoms with Gasteiger partial charge in [0.1, 0.15) is 12.6 Å². The van der Waals surface area contributed by atoms with Gasteiger partial charge < -0.3 is 20.5 Å². The lowest BCUT2D eigenvalue weighted by atomic mass is 9.98. The van der Waals surface area contributed by atoms with Crippen molar-refractivity contribution < 1.29 is 33.0 Å². The predicted octanol–water partition coefficient (Wildman–Crippen LogP) is 4.09. The number of alkyl halides is 2. The van der Waals surface area contributed by atoms with Crippen LogP contribution in [-0.2, 0) is 14.3 Å². The van der Waals surface area contributed by atoms with Gasteiger partial charge in [-0.25, -0.2) is 9.59 Å². The highest BCUT2D eigenvalue weighted by Crippen LogP contribution is 2.44. The SMILES string of the molecule is C/C(=C\CNC(=O)OCC1c2ccccc2-c2ccccc21)C(=O)NC(C1CC1)C(F)(F)C(=O)O. The number of rotatable bonds is 9. The van der Waals surface area contributed by atoms with Crippen LogP contribution >= 0.6 is 0 Å². The highest BCUT2D eigenvalue weighted by Gasteiger charge is 2.54. The number of nitrogens with one attached hydrogen (secondary N) is 2. The van der Waals surface area contributed by atoms with E-state index < -0.39 is 35.9 Å². The van der Waals surface area contributed by atoms with Crippen LogP contribution in [-0.4, -0.2) is 48.2 Å². The van der Waals surface area contributed by atoms with Crippen molar-refractivity contribution >= 4 is 18.0 Å². The van der Waals surface area contributed by atoms with Crippen molar-refractivity contribution in [2.75, 3.05) is 13.2 Å². The van der Waals surface area contributed by atoms with Gasteiger partial charge in [-0.1, -0.05) is 54.6 Å². The first-order valence-corrected chi connectivity index (χ1v) is 11.4. The summed E-state index contributed by atoms with van der Waals surface area (Å²) in [5.74, 6) is -7.80. The van der Waals surface area contributed by atoms with Crippen molar-refractivity contribution in [3.05, 3.63) is 71.3 Å². The van der Waals surface area contributed by atoms with Crippen LogP contribution < -0.4 is 10.6 Å². The molecule has 0 heterocycles. The zero-order valence-electron chi connectivity index (χ0n) is 19.1. The zero-order valence-corrected chi connectivity index (χ0v) is 19.1. The lowest BCUT2D eigenvalue weighted by molar-refractivity contribution is -0.170. The summed E-state index contributed by atoms with van der Waals surface area (Å²) in [5, 5.41) is 13.5. The van der Waals surface area contributed by atoms with Crippen LogP contribution in [0.4, 0.5) is 13.6 Å². The molecule has 35 heavy (non-hydrogen) atoms. The van der Waals surface area contributed by atoms with E-state index in [9.17, 15) is 23.2 Å². The summed E-state index contributed by atoms with van der Waals surface area (Å²) < 4.78 is 33.4. The quantitative estimate of drug-likeness (QED) is 0.465. The monoisotopic (exact) mass is 484 g/mol. The zero-order chi connectivity index (χ0) is 25.2. The molecule has 0 aliphatic heterocycles. The standard InChI is InChI=1S/C26H26F2N2O5/c1-15(23(31)30-22(16-10-11-16)26(27,28)24(32)33)12-13-29-25(34)35-14-21-19-8-4-2-6-17(19)18-7-3-5-9-20(18)21/h2-9,12,16,21-22H,10-11,13-14H2,1H3,(H,29,34)(H,30,31)(H,32,33)/b15-12+. The second kappa shape index (κ2) is 9.85. The van der Waals surface area contributed by atoms with Crippen molar-refractivity contribution in [3.63, 3.8) is 0 Å². The smallest absolute Gasteiger partial charge is 0.407 e. The van der Waals surface area contributed by atoms with E-state index in [2.05, 4.69) is 10.6 Å². The van der Waals surface area contributed by atoms with Gasteiger partial charge in [0, 0.05) is 18.0 Å². The lowest BCUT2D eigenvalue weighted by Crippen LogP contribution is -2.53. The molecular weight excluding hydrogens is 458 g/mol. The molecule has 7 nitrogen and oxygen atoms in total. The topological polar surface area (TPSA) is 105 Å². The van der Waals surface area contributed by atoms with E-state index in [-0.39, 0.29) is 24.6 Å². The van der Waals surface area contributed by atoms with Gasteiger partial charge in [-0.3, -0.25) is 4.79 Å². The fourth-order valence-corrected chi connectivity index (χ4v) is 4.35. The molecule has 184 valence electrons. The fourth-order valence-electron chi connectivity index (χ4n) is 4.35. The Morgan fingerprint density at radius 2 is 1.66 bits per heavy atom.